The van der Waals surface area contributed by atoms with Crippen LogP contribution in [0.3, 0.4) is 0 Å². The first kappa shape index (κ1) is 18.9. The van der Waals surface area contributed by atoms with Gasteiger partial charge in [0.2, 0.25) is 0 Å². The summed E-state index contributed by atoms with van der Waals surface area (Å²) in [5.41, 5.74) is 0. The van der Waals surface area contributed by atoms with E-state index in [1.54, 1.807) is 0 Å². The molecule has 1 saturated carbocycles. The van der Waals surface area contributed by atoms with Crippen molar-refractivity contribution in [3.8, 4) is 0 Å². The molecule has 128 valence electrons. The van der Waals surface area contributed by atoms with Gasteiger partial charge in [-0.1, -0.05) is 13.8 Å². The molecule has 6 heteroatoms. The van der Waals surface area contributed by atoms with Crippen LogP contribution in [0.5, 0.6) is 0 Å². The summed E-state index contributed by atoms with van der Waals surface area (Å²) in [6, 6.07) is 0. The zero-order chi connectivity index (χ0) is 16.6. The maximum absolute atomic E-state index is 12.0. The minimum Gasteiger partial charge on any atom is -0.469 e. The summed E-state index contributed by atoms with van der Waals surface area (Å²) < 4.78 is 21.1. The first-order valence-corrected chi connectivity index (χ1v) is 8.03. The SMILES string of the molecule is CC.COC(=O)CC1CCC2(CC1C(=O)OC)OCCCO2. The summed E-state index contributed by atoms with van der Waals surface area (Å²) in [5.74, 6) is -1.74. The summed E-state index contributed by atoms with van der Waals surface area (Å²) in [6.07, 6.45) is 2.93. The van der Waals surface area contributed by atoms with Gasteiger partial charge in [-0.15, -0.1) is 0 Å². The topological polar surface area (TPSA) is 71.1 Å². The van der Waals surface area contributed by atoms with Gasteiger partial charge in [-0.3, -0.25) is 9.59 Å². The Kier molecular flexibility index (Phi) is 7.82. The minimum atomic E-state index is -0.677. The zero-order valence-corrected chi connectivity index (χ0v) is 14.1. The van der Waals surface area contributed by atoms with E-state index in [0.29, 0.717) is 32.5 Å². The molecule has 2 fully saturated rings. The van der Waals surface area contributed by atoms with Crippen molar-refractivity contribution in [3.05, 3.63) is 0 Å². The maximum atomic E-state index is 12.0. The molecule has 1 spiro atoms. The van der Waals surface area contributed by atoms with E-state index in [1.807, 2.05) is 13.8 Å². The molecule has 1 aliphatic carbocycles. The lowest BCUT2D eigenvalue weighted by molar-refractivity contribution is -0.290. The largest absolute Gasteiger partial charge is 0.469 e. The molecule has 0 amide bonds. The Hall–Kier alpha value is -1.14. The number of carbonyl (C=O) groups is 2. The molecule has 2 aliphatic rings. The van der Waals surface area contributed by atoms with Gasteiger partial charge in [0, 0.05) is 19.3 Å². The first-order chi connectivity index (χ1) is 10.6. The fourth-order valence-electron chi connectivity index (χ4n) is 3.06. The van der Waals surface area contributed by atoms with Crippen LogP contribution >= 0.6 is 0 Å². The van der Waals surface area contributed by atoms with Gasteiger partial charge in [-0.05, 0) is 18.8 Å². The van der Waals surface area contributed by atoms with Crippen LogP contribution in [-0.2, 0) is 28.5 Å². The van der Waals surface area contributed by atoms with Crippen molar-refractivity contribution >= 4 is 11.9 Å². The van der Waals surface area contributed by atoms with E-state index >= 15 is 0 Å². The number of ether oxygens (including phenoxy) is 4. The Morgan fingerprint density at radius 1 is 1.14 bits per heavy atom. The molecule has 0 aromatic heterocycles. The van der Waals surface area contributed by atoms with Crippen molar-refractivity contribution in [3.63, 3.8) is 0 Å². The molecule has 0 aromatic rings. The summed E-state index contributed by atoms with van der Waals surface area (Å²) in [4.78, 5) is 23.5. The lowest BCUT2D eigenvalue weighted by Gasteiger charge is -2.44. The number of esters is 2. The summed E-state index contributed by atoms with van der Waals surface area (Å²) >= 11 is 0. The van der Waals surface area contributed by atoms with E-state index in [1.165, 1.54) is 14.2 Å². The maximum Gasteiger partial charge on any atom is 0.309 e. The molecule has 0 radical (unpaired) electrons. The van der Waals surface area contributed by atoms with Gasteiger partial charge in [0.05, 0.1) is 33.4 Å². The zero-order valence-electron chi connectivity index (χ0n) is 14.1. The van der Waals surface area contributed by atoms with Gasteiger partial charge >= 0.3 is 11.9 Å². The molecular weight excluding hydrogens is 288 g/mol. The van der Waals surface area contributed by atoms with Gasteiger partial charge in [-0.2, -0.15) is 0 Å². The van der Waals surface area contributed by atoms with Crippen molar-refractivity contribution in [2.24, 2.45) is 11.8 Å². The van der Waals surface area contributed by atoms with Crippen LogP contribution in [0.1, 0.15) is 46.0 Å². The van der Waals surface area contributed by atoms with Gasteiger partial charge < -0.3 is 18.9 Å². The highest BCUT2D eigenvalue weighted by Crippen LogP contribution is 2.43. The molecule has 0 N–H and O–H groups in total. The van der Waals surface area contributed by atoms with E-state index in [9.17, 15) is 9.59 Å². The highest BCUT2D eigenvalue weighted by Gasteiger charge is 2.47. The second-order valence-electron chi connectivity index (χ2n) is 5.37. The Balaban J connectivity index is 0.00000116. The van der Waals surface area contributed by atoms with E-state index in [2.05, 4.69) is 0 Å². The summed E-state index contributed by atoms with van der Waals surface area (Å²) in [5, 5.41) is 0. The van der Waals surface area contributed by atoms with Crippen LogP contribution in [-0.4, -0.2) is 45.2 Å². The number of hydrogen-bond donors (Lipinski definition) is 0. The standard InChI is InChI=1S/C14H22O6.C2H6/c1-17-12(15)8-10-4-5-14(19-6-3-7-20-14)9-11(10)13(16)18-2;1-2/h10-11H,3-9H2,1-2H3;1-2H3. The van der Waals surface area contributed by atoms with E-state index < -0.39 is 5.79 Å². The predicted octanol–water partition coefficient (Wildman–Crippen LogP) is 2.30. The molecule has 2 rings (SSSR count). The van der Waals surface area contributed by atoms with Crippen molar-refractivity contribution in [1.82, 2.24) is 0 Å². The van der Waals surface area contributed by atoms with Crippen LogP contribution in [0, 0.1) is 11.8 Å². The second kappa shape index (κ2) is 9.10. The molecule has 1 heterocycles. The summed E-state index contributed by atoms with van der Waals surface area (Å²) in [7, 11) is 2.72. The number of hydrogen-bond acceptors (Lipinski definition) is 6. The molecule has 1 saturated heterocycles. The normalized spacial score (nSPS) is 26.5. The van der Waals surface area contributed by atoms with Crippen LogP contribution in [0.15, 0.2) is 0 Å². The molecule has 0 bridgehead atoms. The average molecular weight is 316 g/mol. The Morgan fingerprint density at radius 3 is 2.32 bits per heavy atom. The predicted molar refractivity (Wildman–Crippen MR) is 80.1 cm³/mol. The number of carbonyl (C=O) groups excluding carboxylic acids is 2. The molecule has 6 nitrogen and oxygen atoms in total. The fourth-order valence-corrected chi connectivity index (χ4v) is 3.06. The fraction of sp³-hybridized carbons (Fsp3) is 0.875. The third-order valence-corrected chi connectivity index (χ3v) is 4.18. The highest BCUT2D eigenvalue weighted by molar-refractivity contribution is 5.75. The van der Waals surface area contributed by atoms with Gasteiger partial charge in [-0.25, -0.2) is 0 Å². The quantitative estimate of drug-likeness (QED) is 0.744. The van der Waals surface area contributed by atoms with Gasteiger partial charge in [0.15, 0.2) is 5.79 Å². The van der Waals surface area contributed by atoms with Crippen molar-refractivity contribution in [2.75, 3.05) is 27.4 Å². The summed E-state index contributed by atoms with van der Waals surface area (Å²) in [6.45, 7) is 5.30. The number of rotatable bonds is 3. The van der Waals surface area contributed by atoms with Crippen LogP contribution in [0.4, 0.5) is 0 Å². The first-order valence-electron chi connectivity index (χ1n) is 8.03. The second-order valence-corrected chi connectivity index (χ2v) is 5.37. The van der Waals surface area contributed by atoms with E-state index in [4.69, 9.17) is 18.9 Å². The van der Waals surface area contributed by atoms with Gasteiger partial charge in [0.25, 0.3) is 0 Å². The molecule has 22 heavy (non-hydrogen) atoms. The van der Waals surface area contributed by atoms with Crippen LogP contribution < -0.4 is 0 Å². The monoisotopic (exact) mass is 316 g/mol. The molecule has 0 aromatic carbocycles. The third kappa shape index (κ3) is 4.68. The average Bonchev–Trinajstić information content (AvgIpc) is 2.58. The Morgan fingerprint density at radius 2 is 1.77 bits per heavy atom. The number of methoxy groups -OCH3 is 2. The Labute approximate surface area is 132 Å². The molecule has 2 unspecified atom stereocenters. The third-order valence-electron chi connectivity index (χ3n) is 4.18. The van der Waals surface area contributed by atoms with Crippen molar-refractivity contribution in [2.45, 2.75) is 51.7 Å². The van der Waals surface area contributed by atoms with E-state index in [-0.39, 0.29) is 30.2 Å². The van der Waals surface area contributed by atoms with Crippen molar-refractivity contribution < 1.29 is 28.5 Å². The Bertz CT molecular complexity index is 362. The van der Waals surface area contributed by atoms with Crippen LogP contribution in [0.25, 0.3) is 0 Å². The molecule has 1 aliphatic heterocycles. The lowest BCUT2D eigenvalue weighted by Crippen LogP contribution is -2.49. The van der Waals surface area contributed by atoms with Crippen LogP contribution in [0.2, 0.25) is 0 Å². The molecule has 2 atom stereocenters. The minimum absolute atomic E-state index is 0.0744. The van der Waals surface area contributed by atoms with E-state index in [0.717, 1.165) is 6.42 Å². The smallest absolute Gasteiger partial charge is 0.309 e. The van der Waals surface area contributed by atoms with Gasteiger partial charge in [0.1, 0.15) is 0 Å². The highest BCUT2D eigenvalue weighted by atomic mass is 16.7. The molecular formula is C16H28O6. The van der Waals surface area contributed by atoms with Crippen molar-refractivity contribution in [1.29, 1.82) is 0 Å². The lowest BCUT2D eigenvalue weighted by atomic mass is 9.74.